The van der Waals surface area contributed by atoms with E-state index in [1.165, 1.54) is 0 Å². The van der Waals surface area contributed by atoms with E-state index in [9.17, 15) is 10.1 Å². The summed E-state index contributed by atoms with van der Waals surface area (Å²) in [7, 11) is 0. The summed E-state index contributed by atoms with van der Waals surface area (Å²) in [5.41, 5.74) is 2.86. The van der Waals surface area contributed by atoms with Crippen LogP contribution in [0.15, 0.2) is 23.8 Å². The van der Waals surface area contributed by atoms with E-state index in [0.717, 1.165) is 16.5 Å². The van der Waals surface area contributed by atoms with E-state index in [4.69, 9.17) is 0 Å². The van der Waals surface area contributed by atoms with E-state index in [2.05, 4.69) is 15.9 Å². The quantitative estimate of drug-likeness (QED) is 0.477. The summed E-state index contributed by atoms with van der Waals surface area (Å²) < 4.78 is 0. The van der Waals surface area contributed by atoms with Gasteiger partial charge in [0.15, 0.2) is 0 Å². The number of benzene rings is 1. The Morgan fingerprint density at radius 2 is 2.27 bits per heavy atom. The SMILES string of the molecule is CC(=Cc1ccc(C)c([N+](=O)[O-])c1)CBr. The molecule has 4 heteroatoms. The molecule has 0 heterocycles. The second-order valence-electron chi connectivity index (χ2n) is 3.43. The van der Waals surface area contributed by atoms with Gasteiger partial charge >= 0.3 is 0 Å². The van der Waals surface area contributed by atoms with E-state index >= 15 is 0 Å². The molecule has 0 aliphatic carbocycles. The van der Waals surface area contributed by atoms with Gasteiger partial charge in [-0.3, -0.25) is 10.1 Å². The normalized spacial score (nSPS) is 11.5. The molecule has 0 bridgehead atoms. The largest absolute Gasteiger partial charge is 0.272 e. The van der Waals surface area contributed by atoms with Crippen molar-refractivity contribution in [2.75, 3.05) is 5.33 Å². The van der Waals surface area contributed by atoms with Crippen LogP contribution in [0.3, 0.4) is 0 Å². The molecule has 0 amide bonds. The molecule has 15 heavy (non-hydrogen) atoms. The number of nitro groups is 1. The highest BCUT2D eigenvalue weighted by molar-refractivity contribution is 9.09. The Hall–Kier alpha value is -1.16. The monoisotopic (exact) mass is 269 g/mol. The van der Waals surface area contributed by atoms with Crippen LogP contribution in [0.5, 0.6) is 0 Å². The lowest BCUT2D eigenvalue weighted by molar-refractivity contribution is -0.385. The summed E-state index contributed by atoms with van der Waals surface area (Å²) in [6.07, 6.45) is 1.93. The summed E-state index contributed by atoms with van der Waals surface area (Å²) in [6.45, 7) is 3.71. The number of nitro benzene ring substituents is 1. The molecule has 1 rings (SSSR count). The lowest BCUT2D eigenvalue weighted by Gasteiger charge is -2.00. The Labute approximate surface area is 97.1 Å². The Morgan fingerprint density at radius 1 is 1.60 bits per heavy atom. The molecule has 80 valence electrons. The molecule has 3 nitrogen and oxygen atoms in total. The maximum atomic E-state index is 10.7. The molecular formula is C11H12BrNO2. The van der Waals surface area contributed by atoms with E-state index in [0.29, 0.717) is 5.56 Å². The van der Waals surface area contributed by atoms with Crippen molar-refractivity contribution in [1.29, 1.82) is 0 Å². The minimum Gasteiger partial charge on any atom is -0.258 e. The van der Waals surface area contributed by atoms with Crippen LogP contribution in [0.1, 0.15) is 18.1 Å². The van der Waals surface area contributed by atoms with Crippen LogP contribution in [-0.2, 0) is 0 Å². The Bertz CT molecular complexity index is 413. The highest BCUT2D eigenvalue weighted by Gasteiger charge is 2.09. The molecule has 0 saturated carbocycles. The second kappa shape index (κ2) is 5.07. The molecule has 1 aromatic rings. The molecule has 0 fully saturated rings. The van der Waals surface area contributed by atoms with Crippen LogP contribution in [0.25, 0.3) is 6.08 Å². The van der Waals surface area contributed by atoms with Crippen molar-refractivity contribution >= 4 is 27.7 Å². The van der Waals surface area contributed by atoms with Crippen LogP contribution >= 0.6 is 15.9 Å². The topological polar surface area (TPSA) is 43.1 Å². The maximum absolute atomic E-state index is 10.7. The predicted molar refractivity (Wildman–Crippen MR) is 65.3 cm³/mol. The van der Waals surface area contributed by atoms with Gasteiger partial charge in [-0.05, 0) is 19.4 Å². The molecule has 0 spiro atoms. The van der Waals surface area contributed by atoms with Gasteiger partial charge in [0.05, 0.1) is 4.92 Å². The molecule has 0 aromatic heterocycles. The van der Waals surface area contributed by atoms with Gasteiger partial charge in [0.1, 0.15) is 0 Å². The molecule has 0 atom stereocenters. The Morgan fingerprint density at radius 3 is 2.80 bits per heavy atom. The number of rotatable bonds is 3. The number of alkyl halides is 1. The van der Waals surface area contributed by atoms with Crippen molar-refractivity contribution in [2.45, 2.75) is 13.8 Å². The number of hydrogen-bond acceptors (Lipinski definition) is 2. The summed E-state index contributed by atoms with van der Waals surface area (Å²) in [5, 5.41) is 11.5. The number of hydrogen-bond donors (Lipinski definition) is 0. The zero-order chi connectivity index (χ0) is 11.4. The van der Waals surface area contributed by atoms with Crippen LogP contribution in [0, 0.1) is 17.0 Å². The zero-order valence-corrected chi connectivity index (χ0v) is 10.2. The molecular weight excluding hydrogens is 258 g/mol. The van der Waals surface area contributed by atoms with Gasteiger partial charge in [-0.2, -0.15) is 0 Å². The standard InChI is InChI=1S/C11H12BrNO2/c1-8(7-12)5-10-4-3-9(2)11(6-10)13(14)15/h3-6H,7H2,1-2H3. The summed E-state index contributed by atoms with van der Waals surface area (Å²) in [4.78, 5) is 10.4. The molecule has 0 radical (unpaired) electrons. The van der Waals surface area contributed by atoms with Crippen LogP contribution in [0.4, 0.5) is 5.69 Å². The third-order valence-corrected chi connectivity index (χ3v) is 2.94. The van der Waals surface area contributed by atoms with Crippen molar-refractivity contribution in [3.63, 3.8) is 0 Å². The van der Waals surface area contributed by atoms with Crippen molar-refractivity contribution < 1.29 is 4.92 Å². The smallest absolute Gasteiger partial charge is 0.258 e. The lowest BCUT2D eigenvalue weighted by Crippen LogP contribution is -1.92. The molecule has 0 aliphatic rings. The summed E-state index contributed by atoms with van der Waals surface area (Å²) in [5.74, 6) is 0. The summed E-state index contributed by atoms with van der Waals surface area (Å²) >= 11 is 3.33. The highest BCUT2D eigenvalue weighted by atomic mass is 79.9. The number of allylic oxidation sites excluding steroid dienone is 1. The fourth-order valence-corrected chi connectivity index (χ4v) is 1.40. The second-order valence-corrected chi connectivity index (χ2v) is 3.99. The van der Waals surface area contributed by atoms with Crippen LogP contribution in [-0.4, -0.2) is 10.3 Å². The van der Waals surface area contributed by atoms with Gasteiger partial charge in [0, 0.05) is 17.0 Å². The molecule has 1 aromatic carbocycles. The first-order valence-corrected chi connectivity index (χ1v) is 5.65. The first-order valence-electron chi connectivity index (χ1n) is 4.52. The van der Waals surface area contributed by atoms with Gasteiger partial charge in [0.25, 0.3) is 5.69 Å². The minimum atomic E-state index is -0.351. The fraction of sp³-hybridized carbons (Fsp3) is 0.273. The fourth-order valence-electron chi connectivity index (χ4n) is 1.24. The van der Waals surface area contributed by atoms with Crippen LogP contribution in [0.2, 0.25) is 0 Å². The number of aryl methyl sites for hydroxylation is 1. The van der Waals surface area contributed by atoms with Gasteiger partial charge in [-0.25, -0.2) is 0 Å². The van der Waals surface area contributed by atoms with E-state index in [-0.39, 0.29) is 10.6 Å². The van der Waals surface area contributed by atoms with Crippen molar-refractivity contribution in [3.05, 3.63) is 45.0 Å². The van der Waals surface area contributed by atoms with E-state index < -0.39 is 0 Å². The number of nitrogens with zero attached hydrogens (tertiary/aromatic N) is 1. The van der Waals surface area contributed by atoms with Crippen molar-refractivity contribution in [1.82, 2.24) is 0 Å². The van der Waals surface area contributed by atoms with Crippen molar-refractivity contribution in [3.8, 4) is 0 Å². The average molecular weight is 270 g/mol. The molecule has 0 aliphatic heterocycles. The average Bonchev–Trinajstić information content (AvgIpc) is 2.20. The van der Waals surface area contributed by atoms with Gasteiger partial charge in [0.2, 0.25) is 0 Å². The lowest BCUT2D eigenvalue weighted by atomic mass is 10.1. The molecule has 0 saturated heterocycles. The molecule has 0 unspecified atom stereocenters. The predicted octanol–water partition coefficient (Wildman–Crippen LogP) is 3.70. The van der Waals surface area contributed by atoms with E-state index in [1.807, 2.05) is 19.1 Å². The first-order chi connectivity index (χ1) is 7.04. The van der Waals surface area contributed by atoms with Gasteiger partial charge in [-0.15, -0.1) is 0 Å². The minimum absolute atomic E-state index is 0.172. The first kappa shape index (κ1) is 11.9. The third-order valence-electron chi connectivity index (χ3n) is 2.05. The third kappa shape index (κ3) is 3.16. The Kier molecular flexibility index (Phi) is 4.03. The Balaban J connectivity index is 3.13. The van der Waals surface area contributed by atoms with Gasteiger partial charge < -0.3 is 0 Å². The van der Waals surface area contributed by atoms with Crippen LogP contribution < -0.4 is 0 Å². The zero-order valence-electron chi connectivity index (χ0n) is 8.66. The number of halogens is 1. The molecule has 0 N–H and O–H groups in total. The summed E-state index contributed by atoms with van der Waals surface area (Å²) in [6, 6.07) is 5.25. The van der Waals surface area contributed by atoms with E-state index in [1.54, 1.807) is 19.1 Å². The van der Waals surface area contributed by atoms with Gasteiger partial charge in [-0.1, -0.05) is 39.7 Å². The van der Waals surface area contributed by atoms with Crippen molar-refractivity contribution in [2.24, 2.45) is 0 Å². The maximum Gasteiger partial charge on any atom is 0.272 e. The highest BCUT2D eigenvalue weighted by Crippen LogP contribution is 2.20.